The summed E-state index contributed by atoms with van der Waals surface area (Å²) < 4.78 is 5.21. The summed E-state index contributed by atoms with van der Waals surface area (Å²) in [6.07, 6.45) is 4.26. The molecule has 3 rings (SSSR count). The molecular formula is C17H24NOP. The molecule has 3 heteroatoms. The van der Waals surface area contributed by atoms with E-state index in [4.69, 9.17) is 4.74 Å². The number of likely N-dealkylation sites (tertiary alicyclic amines) is 1. The summed E-state index contributed by atoms with van der Waals surface area (Å²) >= 11 is 0. The second-order valence-electron chi connectivity index (χ2n) is 6.62. The molecule has 2 aliphatic rings. The second-order valence-corrected chi connectivity index (χ2v) is 7.22. The number of hydrogen-bond acceptors (Lipinski definition) is 2. The molecule has 20 heavy (non-hydrogen) atoms. The fourth-order valence-corrected chi connectivity index (χ4v) is 4.33. The van der Waals surface area contributed by atoms with E-state index < -0.39 is 0 Å². The first kappa shape index (κ1) is 14.1. The van der Waals surface area contributed by atoms with E-state index >= 15 is 0 Å². The number of rotatable bonds is 4. The molecule has 0 spiro atoms. The van der Waals surface area contributed by atoms with E-state index in [1.54, 1.807) is 7.11 Å². The van der Waals surface area contributed by atoms with Crippen molar-refractivity contribution in [2.24, 2.45) is 11.3 Å². The Balaban J connectivity index is 1.62. The molecule has 0 unspecified atom stereocenters. The monoisotopic (exact) mass is 289 g/mol. The number of fused-ring (bicyclic) bond motifs is 1. The van der Waals surface area contributed by atoms with Gasteiger partial charge in [0.25, 0.3) is 0 Å². The van der Waals surface area contributed by atoms with E-state index in [1.807, 2.05) is 12.1 Å². The summed E-state index contributed by atoms with van der Waals surface area (Å²) in [5.41, 5.74) is 1.83. The van der Waals surface area contributed by atoms with E-state index in [0.717, 1.165) is 18.2 Å². The van der Waals surface area contributed by atoms with Crippen LogP contribution in [0.3, 0.4) is 0 Å². The van der Waals surface area contributed by atoms with Gasteiger partial charge >= 0.3 is 0 Å². The first-order valence-corrected chi connectivity index (χ1v) is 8.05. The van der Waals surface area contributed by atoms with Crippen LogP contribution in [0.15, 0.2) is 24.3 Å². The van der Waals surface area contributed by atoms with Crippen LogP contribution in [-0.2, 0) is 0 Å². The van der Waals surface area contributed by atoms with Crippen LogP contribution in [0.5, 0.6) is 5.75 Å². The number of ether oxygens (including phenoxy) is 1. The van der Waals surface area contributed by atoms with Gasteiger partial charge in [-0.3, -0.25) is 4.90 Å². The van der Waals surface area contributed by atoms with Crippen molar-refractivity contribution in [1.29, 1.82) is 0 Å². The Morgan fingerprint density at radius 2 is 2.15 bits per heavy atom. The summed E-state index contributed by atoms with van der Waals surface area (Å²) in [7, 11) is 5.54. The van der Waals surface area contributed by atoms with Gasteiger partial charge in [0.05, 0.1) is 7.11 Å². The van der Waals surface area contributed by atoms with E-state index in [1.165, 1.54) is 43.2 Å². The summed E-state index contributed by atoms with van der Waals surface area (Å²) in [5, 5.41) is 1.27. The van der Waals surface area contributed by atoms with Crippen molar-refractivity contribution in [3.63, 3.8) is 0 Å². The third kappa shape index (κ3) is 2.64. The third-order valence-corrected chi connectivity index (χ3v) is 5.62. The number of benzene rings is 1. The highest BCUT2D eigenvalue weighted by atomic mass is 31.0. The van der Waals surface area contributed by atoms with Crippen LogP contribution in [0.25, 0.3) is 0 Å². The molecule has 1 aliphatic carbocycles. The smallest absolute Gasteiger partial charge is 0.118 e. The van der Waals surface area contributed by atoms with Crippen LogP contribution in [0.4, 0.5) is 0 Å². The van der Waals surface area contributed by atoms with Crippen LogP contribution >= 0.6 is 8.86 Å². The van der Waals surface area contributed by atoms with Gasteiger partial charge in [0.15, 0.2) is 0 Å². The van der Waals surface area contributed by atoms with Crippen molar-refractivity contribution in [2.45, 2.75) is 26.2 Å². The molecule has 1 aromatic rings. The van der Waals surface area contributed by atoms with Crippen molar-refractivity contribution in [1.82, 2.24) is 4.90 Å². The van der Waals surface area contributed by atoms with Crippen LogP contribution in [0, 0.1) is 11.3 Å². The molecule has 0 N–H and O–H groups in total. The maximum Gasteiger partial charge on any atom is 0.118 e. The normalized spacial score (nSPS) is 29.4. The van der Waals surface area contributed by atoms with E-state index in [0.29, 0.717) is 5.41 Å². The Kier molecular flexibility index (Phi) is 3.88. The lowest BCUT2D eigenvalue weighted by Crippen LogP contribution is -2.29. The average molecular weight is 289 g/mol. The highest BCUT2D eigenvalue weighted by molar-refractivity contribution is 7.22. The van der Waals surface area contributed by atoms with E-state index in [-0.39, 0.29) is 0 Å². The molecular weight excluding hydrogens is 265 g/mol. The van der Waals surface area contributed by atoms with Crippen molar-refractivity contribution in [2.75, 3.05) is 26.7 Å². The standard InChI is InChI=1S/C17H24NOP/c1-17-9-3-4-14(17)10-18(12-17)11-16(20)13-5-7-15(19-2)8-6-13/h5-8,14,20H,3-4,9-12H2,1-2H3/t14-,17+/m0/s1. The van der Waals surface area contributed by atoms with Gasteiger partial charge in [-0.25, -0.2) is 0 Å². The predicted molar refractivity (Wildman–Crippen MR) is 87.3 cm³/mol. The molecule has 2 fully saturated rings. The van der Waals surface area contributed by atoms with Gasteiger partial charge in [-0.15, -0.1) is 8.86 Å². The zero-order chi connectivity index (χ0) is 14.2. The average Bonchev–Trinajstić information content (AvgIpc) is 2.93. The molecule has 1 saturated heterocycles. The maximum atomic E-state index is 5.21. The third-order valence-electron chi connectivity index (χ3n) is 5.17. The topological polar surface area (TPSA) is 12.5 Å². The predicted octanol–water partition coefficient (Wildman–Crippen LogP) is 3.48. The largest absolute Gasteiger partial charge is 0.497 e. The highest BCUT2D eigenvalue weighted by Gasteiger charge is 2.45. The van der Waals surface area contributed by atoms with Gasteiger partial charge in [-0.05, 0) is 47.2 Å². The fourth-order valence-electron chi connectivity index (χ4n) is 3.94. The SMILES string of the molecule is COc1ccc(C(=P)CN2C[C@@H]3CCC[C@]3(C)C2)cc1. The summed E-state index contributed by atoms with van der Waals surface area (Å²) in [5.74, 6) is 1.83. The van der Waals surface area contributed by atoms with Gasteiger partial charge in [0, 0.05) is 19.6 Å². The van der Waals surface area contributed by atoms with Crippen molar-refractivity contribution < 1.29 is 4.74 Å². The van der Waals surface area contributed by atoms with Crippen LogP contribution in [-0.4, -0.2) is 36.9 Å². The van der Waals surface area contributed by atoms with Crippen molar-refractivity contribution >= 4 is 14.2 Å². The fraction of sp³-hybridized carbons (Fsp3) is 0.588. The number of methoxy groups -OCH3 is 1. The van der Waals surface area contributed by atoms with Crippen LogP contribution in [0.2, 0.25) is 0 Å². The Hall–Kier alpha value is -0.850. The minimum atomic E-state index is 0.576. The zero-order valence-corrected chi connectivity index (χ0v) is 13.5. The summed E-state index contributed by atoms with van der Waals surface area (Å²) in [6, 6.07) is 8.30. The zero-order valence-electron chi connectivity index (χ0n) is 12.5. The molecule has 0 radical (unpaired) electrons. The van der Waals surface area contributed by atoms with Crippen LogP contribution in [0.1, 0.15) is 31.7 Å². The minimum absolute atomic E-state index is 0.576. The molecule has 1 aliphatic heterocycles. The first-order chi connectivity index (χ1) is 9.60. The Morgan fingerprint density at radius 1 is 1.40 bits per heavy atom. The maximum absolute atomic E-state index is 5.21. The molecule has 2 nitrogen and oxygen atoms in total. The van der Waals surface area contributed by atoms with Crippen molar-refractivity contribution in [3.05, 3.63) is 29.8 Å². The Labute approximate surface area is 124 Å². The molecule has 2 atom stereocenters. The summed E-state index contributed by atoms with van der Waals surface area (Å²) in [4.78, 5) is 2.61. The molecule has 108 valence electrons. The molecule has 1 saturated carbocycles. The quantitative estimate of drug-likeness (QED) is 0.787. The molecule has 1 aromatic carbocycles. The molecule has 0 bridgehead atoms. The minimum Gasteiger partial charge on any atom is -0.497 e. The second kappa shape index (κ2) is 5.50. The Bertz CT molecular complexity index is 498. The van der Waals surface area contributed by atoms with Gasteiger partial charge in [0.2, 0.25) is 0 Å². The number of hydrogen-bond donors (Lipinski definition) is 0. The lowest BCUT2D eigenvalue weighted by Gasteiger charge is -2.23. The first-order valence-electron chi connectivity index (χ1n) is 7.55. The van der Waals surface area contributed by atoms with Gasteiger partial charge < -0.3 is 4.74 Å². The van der Waals surface area contributed by atoms with E-state index in [9.17, 15) is 0 Å². The van der Waals surface area contributed by atoms with Crippen molar-refractivity contribution in [3.8, 4) is 5.75 Å². The van der Waals surface area contributed by atoms with Gasteiger partial charge in [-0.2, -0.15) is 0 Å². The highest BCUT2D eigenvalue weighted by Crippen LogP contribution is 2.48. The molecule has 0 aromatic heterocycles. The van der Waals surface area contributed by atoms with Gasteiger partial charge in [-0.1, -0.05) is 25.5 Å². The molecule has 1 heterocycles. The Morgan fingerprint density at radius 3 is 2.80 bits per heavy atom. The van der Waals surface area contributed by atoms with E-state index in [2.05, 4.69) is 32.8 Å². The number of nitrogens with zero attached hydrogens (tertiary/aromatic N) is 1. The lowest BCUT2D eigenvalue weighted by molar-refractivity contribution is 0.282. The molecule has 0 amide bonds. The van der Waals surface area contributed by atoms with Gasteiger partial charge in [0.1, 0.15) is 5.75 Å². The summed E-state index contributed by atoms with van der Waals surface area (Å²) in [6.45, 7) is 6.02. The lowest BCUT2D eigenvalue weighted by atomic mass is 9.83. The van der Waals surface area contributed by atoms with Crippen LogP contribution < -0.4 is 4.74 Å².